The van der Waals surface area contributed by atoms with Crippen LogP contribution in [-0.4, -0.2) is 50.2 Å². The Balaban J connectivity index is 1.63. The predicted molar refractivity (Wildman–Crippen MR) is 121 cm³/mol. The van der Waals surface area contributed by atoms with E-state index in [2.05, 4.69) is 65.8 Å². The van der Waals surface area contributed by atoms with E-state index in [1.54, 1.807) is 27.8 Å². The van der Waals surface area contributed by atoms with Gasteiger partial charge in [0.05, 0.1) is 25.5 Å². The minimum atomic E-state index is -0.436. The molecule has 2 aromatic heterocycles. The molecule has 0 unspecified atom stereocenters. The van der Waals surface area contributed by atoms with Crippen LogP contribution >= 0.6 is 0 Å². The Labute approximate surface area is 188 Å². The van der Waals surface area contributed by atoms with Crippen molar-refractivity contribution in [3.63, 3.8) is 0 Å². The van der Waals surface area contributed by atoms with Crippen LogP contribution in [0.5, 0.6) is 0 Å². The zero-order chi connectivity index (χ0) is 23.1. The van der Waals surface area contributed by atoms with E-state index in [-0.39, 0.29) is 17.0 Å². The number of aromatic nitrogens is 5. The van der Waals surface area contributed by atoms with E-state index in [0.717, 1.165) is 5.56 Å². The molecular formula is C23H32N6O3. The van der Waals surface area contributed by atoms with Gasteiger partial charge in [-0.2, -0.15) is 5.10 Å². The summed E-state index contributed by atoms with van der Waals surface area (Å²) < 4.78 is 14.3. The summed E-state index contributed by atoms with van der Waals surface area (Å²) in [5.41, 5.74) is 2.68. The first-order valence-corrected chi connectivity index (χ1v) is 10.9. The highest BCUT2D eigenvalue weighted by atomic mass is 16.7. The maximum atomic E-state index is 12.7. The molecule has 9 heteroatoms. The number of nitrogens with one attached hydrogen (secondary N) is 1. The van der Waals surface area contributed by atoms with Crippen molar-refractivity contribution in [2.75, 3.05) is 18.5 Å². The standard InChI is InChI=1S/C23H32N6O3/c1-6-31-21(32-7-2)16-28-15-19(26-27-28)22(30)25-20-12-13-24-29(20)14-17-8-10-18(11-9-17)23(3,4)5/h8-13,15,21H,6-7,14,16H2,1-5H3,(H,25,30). The molecule has 3 aromatic rings. The van der Waals surface area contributed by atoms with Crippen LogP contribution in [0.3, 0.4) is 0 Å². The Morgan fingerprint density at radius 1 is 1.09 bits per heavy atom. The lowest BCUT2D eigenvalue weighted by Crippen LogP contribution is -2.24. The number of amides is 1. The maximum Gasteiger partial charge on any atom is 0.278 e. The van der Waals surface area contributed by atoms with Gasteiger partial charge in [0.1, 0.15) is 5.82 Å². The molecule has 1 amide bonds. The molecule has 0 radical (unpaired) electrons. The van der Waals surface area contributed by atoms with Crippen LogP contribution in [-0.2, 0) is 28.0 Å². The fourth-order valence-corrected chi connectivity index (χ4v) is 3.20. The van der Waals surface area contributed by atoms with E-state index in [1.807, 2.05) is 13.8 Å². The lowest BCUT2D eigenvalue weighted by atomic mass is 9.87. The zero-order valence-corrected chi connectivity index (χ0v) is 19.4. The Bertz CT molecular complexity index is 997. The summed E-state index contributed by atoms with van der Waals surface area (Å²) in [6.45, 7) is 12.3. The average Bonchev–Trinajstić information content (AvgIpc) is 3.38. The molecule has 0 aliphatic rings. The van der Waals surface area contributed by atoms with Crippen molar-refractivity contribution in [2.45, 2.75) is 59.4 Å². The Morgan fingerprint density at radius 3 is 2.41 bits per heavy atom. The molecule has 0 bridgehead atoms. The molecule has 0 saturated carbocycles. The smallest absolute Gasteiger partial charge is 0.278 e. The number of hydrogen-bond acceptors (Lipinski definition) is 6. The van der Waals surface area contributed by atoms with Gasteiger partial charge >= 0.3 is 0 Å². The van der Waals surface area contributed by atoms with Crippen molar-refractivity contribution in [2.24, 2.45) is 0 Å². The predicted octanol–water partition coefficient (Wildman–Crippen LogP) is 3.47. The number of benzene rings is 1. The molecule has 1 N–H and O–H groups in total. The van der Waals surface area contributed by atoms with Gasteiger partial charge < -0.3 is 14.8 Å². The first-order chi connectivity index (χ1) is 15.3. The summed E-state index contributed by atoms with van der Waals surface area (Å²) in [5, 5.41) is 15.2. The number of anilines is 1. The quantitative estimate of drug-likeness (QED) is 0.485. The van der Waals surface area contributed by atoms with E-state index in [0.29, 0.717) is 32.1 Å². The van der Waals surface area contributed by atoms with E-state index in [9.17, 15) is 4.79 Å². The van der Waals surface area contributed by atoms with Gasteiger partial charge in [-0.25, -0.2) is 9.36 Å². The van der Waals surface area contributed by atoms with Crippen LogP contribution < -0.4 is 5.32 Å². The normalized spacial score (nSPS) is 11.8. The Morgan fingerprint density at radius 2 is 1.78 bits per heavy atom. The SMILES string of the molecule is CCOC(Cn1cc(C(=O)Nc2ccnn2Cc2ccc(C(C)(C)C)cc2)nn1)OCC. The van der Waals surface area contributed by atoms with E-state index in [4.69, 9.17) is 9.47 Å². The van der Waals surface area contributed by atoms with Gasteiger partial charge in [0.2, 0.25) is 0 Å². The van der Waals surface area contributed by atoms with Gasteiger partial charge in [0.15, 0.2) is 12.0 Å². The molecule has 9 nitrogen and oxygen atoms in total. The summed E-state index contributed by atoms with van der Waals surface area (Å²) >= 11 is 0. The number of carbonyl (C=O) groups excluding carboxylic acids is 1. The Kier molecular flexibility index (Phi) is 7.76. The van der Waals surface area contributed by atoms with Gasteiger partial charge in [-0.05, 0) is 30.4 Å². The number of hydrogen-bond donors (Lipinski definition) is 1. The summed E-state index contributed by atoms with van der Waals surface area (Å²) in [4.78, 5) is 12.7. The molecule has 3 rings (SSSR count). The lowest BCUT2D eigenvalue weighted by Gasteiger charge is -2.19. The van der Waals surface area contributed by atoms with E-state index < -0.39 is 6.29 Å². The van der Waals surface area contributed by atoms with Crippen molar-refractivity contribution in [3.8, 4) is 0 Å². The number of nitrogens with zero attached hydrogens (tertiary/aromatic N) is 5. The summed E-state index contributed by atoms with van der Waals surface area (Å²) in [6, 6.07) is 10.2. The topological polar surface area (TPSA) is 96.1 Å². The fraction of sp³-hybridized carbons (Fsp3) is 0.478. The third-order valence-electron chi connectivity index (χ3n) is 4.92. The molecule has 32 heavy (non-hydrogen) atoms. The van der Waals surface area contributed by atoms with Gasteiger partial charge in [0, 0.05) is 19.3 Å². The number of ether oxygens (including phenoxy) is 2. The van der Waals surface area contributed by atoms with Crippen LogP contribution in [0.25, 0.3) is 0 Å². The van der Waals surface area contributed by atoms with Crippen molar-refractivity contribution in [1.82, 2.24) is 24.8 Å². The highest BCUT2D eigenvalue weighted by molar-refractivity contribution is 6.02. The third kappa shape index (κ3) is 6.24. The Hall–Kier alpha value is -3.04. The van der Waals surface area contributed by atoms with Crippen molar-refractivity contribution in [3.05, 3.63) is 59.5 Å². The minimum Gasteiger partial charge on any atom is -0.351 e. The monoisotopic (exact) mass is 440 g/mol. The zero-order valence-electron chi connectivity index (χ0n) is 19.4. The highest BCUT2D eigenvalue weighted by Gasteiger charge is 2.17. The van der Waals surface area contributed by atoms with E-state index >= 15 is 0 Å². The van der Waals surface area contributed by atoms with Gasteiger partial charge in [-0.1, -0.05) is 50.3 Å². The van der Waals surface area contributed by atoms with Gasteiger partial charge in [-0.3, -0.25) is 4.79 Å². The third-order valence-corrected chi connectivity index (χ3v) is 4.92. The molecular weight excluding hydrogens is 408 g/mol. The second kappa shape index (κ2) is 10.5. The fourth-order valence-electron chi connectivity index (χ4n) is 3.20. The first-order valence-electron chi connectivity index (χ1n) is 10.9. The highest BCUT2D eigenvalue weighted by Crippen LogP contribution is 2.22. The van der Waals surface area contributed by atoms with Crippen molar-refractivity contribution >= 4 is 11.7 Å². The van der Waals surface area contributed by atoms with Crippen LogP contribution in [0, 0.1) is 0 Å². The average molecular weight is 441 g/mol. The van der Waals surface area contributed by atoms with Crippen LogP contribution in [0.2, 0.25) is 0 Å². The second-order valence-corrected chi connectivity index (χ2v) is 8.44. The second-order valence-electron chi connectivity index (χ2n) is 8.44. The molecule has 0 aliphatic heterocycles. The molecule has 0 spiro atoms. The summed E-state index contributed by atoms with van der Waals surface area (Å²) in [5.74, 6) is 0.233. The first kappa shape index (κ1) is 23.6. The molecule has 172 valence electrons. The van der Waals surface area contributed by atoms with Crippen LogP contribution in [0.15, 0.2) is 42.7 Å². The molecule has 0 aliphatic carbocycles. The molecule has 2 heterocycles. The van der Waals surface area contributed by atoms with Crippen LogP contribution in [0.4, 0.5) is 5.82 Å². The molecule has 0 fully saturated rings. The lowest BCUT2D eigenvalue weighted by molar-refractivity contribution is -0.145. The summed E-state index contributed by atoms with van der Waals surface area (Å²) in [6.07, 6.45) is 2.80. The van der Waals surface area contributed by atoms with Crippen molar-refractivity contribution < 1.29 is 14.3 Å². The van der Waals surface area contributed by atoms with E-state index in [1.165, 1.54) is 5.56 Å². The van der Waals surface area contributed by atoms with Crippen LogP contribution in [0.1, 0.15) is 56.2 Å². The number of rotatable bonds is 10. The maximum absolute atomic E-state index is 12.7. The molecule has 1 aromatic carbocycles. The number of carbonyl (C=O) groups is 1. The van der Waals surface area contributed by atoms with Crippen molar-refractivity contribution in [1.29, 1.82) is 0 Å². The largest absolute Gasteiger partial charge is 0.351 e. The summed E-state index contributed by atoms with van der Waals surface area (Å²) in [7, 11) is 0. The molecule has 0 saturated heterocycles. The minimum absolute atomic E-state index is 0.103. The van der Waals surface area contributed by atoms with Gasteiger partial charge in [-0.15, -0.1) is 5.10 Å². The van der Waals surface area contributed by atoms with Gasteiger partial charge in [0.25, 0.3) is 5.91 Å². The molecule has 0 atom stereocenters.